The van der Waals surface area contributed by atoms with Gasteiger partial charge in [0.25, 0.3) is 0 Å². The van der Waals surface area contributed by atoms with Crippen molar-refractivity contribution >= 4 is 23.2 Å². The molecule has 2 rings (SSSR count). The van der Waals surface area contributed by atoms with Crippen LogP contribution in [0, 0.1) is 0 Å². The van der Waals surface area contributed by atoms with Crippen LogP contribution in [0.15, 0.2) is 18.2 Å². The highest BCUT2D eigenvalue weighted by molar-refractivity contribution is 6.34. The summed E-state index contributed by atoms with van der Waals surface area (Å²) in [6.07, 6.45) is 4.47. The van der Waals surface area contributed by atoms with Gasteiger partial charge < -0.3 is 10.1 Å². The first-order valence-electron chi connectivity index (χ1n) is 6.88. The summed E-state index contributed by atoms with van der Waals surface area (Å²) in [5.74, 6) is 0.779. The van der Waals surface area contributed by atoms with Gasteiger partial charge in [-0.15, -0.1) is 0 Å². The Bertz CT molecular complexity index is 410. The van der Waals surface area contributed by atoms with Gasteiger partial charge in [-0.25, -0.2) is 0 Å². The molecule has 1 aliphatic carbocycles. The van der Waals surface area contributed by atoms with Gasteiger partial charge in [-0.05, 0) is 50.4 Å². The quantitative estimate of drug-likeness (QED) is 0.823. The molecular formula is C15H21Cl2NO. The molecule has 0 unspecified atom stereocenters. The van der Waals surface area contributed by atoms with E-state index in [1.807, 2.05) is 12.1 Å². The van der Waals surface area contributed by atoms with Gasteiger partial charge in [0, 0.05) is 16.1 Å². The van der Waals surface area contributed by atoms with Gasteiger partial charge in [0.05, 0.1) is 0 Å². The number of rotatable bonds is 6. The first-order valence-corrected chi connectivity index (χ1v) is 7.63. The Hall–Kier alpha value is -0.440. The highest BCUT2D eigenvalue weighted by atomic mass is 35.5. The predicted molar refractivity (Wildman–Crippen MR) is 81.4 cm³/mol. The number of ether oxygens (including phenoxy) is 1. The molecule has 1 fully saturated rings. The molecule has 1 N–H and O–H groups in total. The van der Waals surface area contributed by atoms with Gasteiger partial charge in [0.1, 0.15) is 11.4 Å². The van der Waals surface area contributed by atoms with Gasteiger partial charge in [-0.1, -0.05) is 37.0 Å². The van der Waals surface area contributed by atoms with Crippen LogP contribution in [0.25, 0.3) is 0 Å². The van der Waals surface area contributed by atoms with Crippen molar-refractivity contribution in [2.75, 3.05) is 6.54 Å². The summed E-state index contributed by atoms with van der Waals surface area (Å²) in [6, 6.07) is 5.91. The molecule has 0 atom stereocenters. The van der Waals surface area contributed by atoms with E-state index in [2.05, 4.69) is 19.2 Å². The van der Waals surface area contributed by atoms with E-state index in [0.29, 0.717) is 16.1 Å². The second kappa shape index (κ2) is 6.34. The number of benzene rings is 1. The second-order valence-electron chi connectivity index (χ2n) is 5.60. The lowest BCUT2D eigenvalue weighted by Crippen LogP contribution is -2.45. The van der Waals surface area contributed by atoms with E-state index in [4.69, 9.17) is 27.9 Å². The maximum absolute atomic E-state index is 6.17. The molecule has 0 aliphatic heterocycles. The fourth-order valence-electron chi connectivity index (χ4n) is 2.40. The lowest BCUT2D eigenvalue weighted by molar-refractivity contribution is -0.0145. The third-order valence-corrected chi connectivity index (χ3v) is 4.00. The smallest absolute Gasteiger partial charge is 0.123 e. The summed E-state index contributed by atoms with van der Waals surface area (Å²) in [5.41, 5.74) is -0.0318. The highest BCUT2D eigenvalue weighted by Gasteiger charge is 2.38. The molecule has 0 bridgehead atoms. The first kappa shape index (κ1) is 15.0. The molecule has 0 heterocycles. The van der Waals surface area contributed by atoms with Crippen LogP contribution in [0.5, 0.6) is 5.75 Å². The lowest BCUT2D eigenvalue weighted by atomic mass is 9.77. The van der Waals surface area contributed by atoms with E-state index in [-0.39, 0.29) is 5.60 Å². The van der Waals surface area contributed by atoms with Crippen LogP contribution < -0.4 is 10.1 Å². The molecule has 19 heavy (non-hydrogen) atoms. The van der Waals surface area contributed by atoms with Crippen molar-refractivity contribution < 1.29 is 4.74 Å². The first-order chi connectivity index (χ1) is 8.99. The fraction of sp³-hybridized carbons (Fsp3) is 0.600. The summed E-state index contributed by atoms with van der Waals surface area (Å²) in [6.45, 7) is 5.29. The van der Waals surface area contributed by atoms with Crippen molar-refractivity contribution in [2.45, 2.75) is 51.2 Å². The zero-order valence-electron chi connectivity index (χ0n) is 11.5. The Balaban J connectivity index is 1.97. The van der Waals surface area contributed by atoms with Crippen LogP contribution in [-0.2, 0) is 0 Å². The van der Waals surface area contributed by atoms with Crippen molar-refractivity contribution in [3.63, 3.8) is 0 Å². The molecule has 1 aromatic carbocycles. The zero-order valence-corrected chi connectivity index (χ0v) is 13.0. The van der Waals surface area contributed by atoms with Crippen LogP contribution in [-0.4, -0.2) is 18.2 Å². The van der Waals surface area contributed by atoms with Crippen molar-refractivity contribution in [1.82, 2.24) is 5.32 Å². The number of nitrogens with one attached hydrogen (secondary N) is 1. The van der Waals surface area contributed by atoms with Crippen molar-refractivity contribution in [1.29, 1.82) is 0 Å². The molecule has 0 radical (unpaired) electrons. The third kappa shape index (κ3) is 4.27. The summed E-state index contributed by atoms with van der Waals surface area (Å²) >= 11 is 12.0. The molecule has 106 valence electrons. The van der Waals surface area contributed by atoms with E-state index in [0.717, 1.165) is 31.6 Å². The van der Waals surface area contributed by atoms with Gasteiger partial charge >= 0.3 is 0 Å². The Kier molecular flexibility index (Phi) is 4.99. The normalized spacial score (nSPS) is 17.3. The number of halogens is 2. The zero-order chi connectivity index (χ0) is 13.9. The molecular weight excluding hydrogens is 281 g/mol. The molecule has 1 saturated carbocycles. The Morgan fingerprint density at radius 2 is 1.84 bits per heavy atom. The molecule has 2 nitrogen and oxygen atoms in total. The Labute approximate surface area is 125 Å². The maximum Gasteiger partial charge on any atom is 0.123 e. The largest absolute Gasteiger partial charge is 0.487 e. The van der Waals surface area contributed by atoms with Crippen molar-refractivity contribution in [3.05, 3.63) is 28.2 Å². The van der Waals surface area contributed by atoms with E-state index < -0.39 is 0 Å². The Morgan fingerprint density at radius 1 is 1.21 bits per heavy atom. The minimum Gasteiger partial charge on any atom is -0.487 e. The van der Waals surface area contributed by atoms with Gasteiger partial charge in [-0.2, -0.15) is 0 Å². The minimum atomic E-state index is -0.0318. The summed E-state index contributed by atoms with van der Waals surface area (Å²) in [5, 5.41) is 4.69. The van der Waals surface area contributed by atoms with Crippen LogP contribution in [0.2, 0.25) is 10.0 Å². The van der Waals surface area contributed by atoms with Gasteiger partial charge in [0.15, 0.2) is 0 Å². The fourth-order valence-corrected chi connectivity index (χ4v) is 2.91. The molecule has 0 amide bonds. The third-order valence-electron chi connectivity index (χ3n) is 3.57. The summed E-state index contributed by atoms with van der Waals surface area (Å²) in [7, 11) is 0. The summed E-state index contributed by atoms with van der Waals surface area (Å²) < 4.78 is 6.17. The monoisotopic (exact) mass is 301 g/mol. The van der Waals surface area contributed by atoms with E-state index in [1.165, 1.54) is 6.42 Å². The average molecular weight is 302 g/mol. The predicted octanol–water partition coefficient (Wildman–Crippen LogP) is 4.68. The second-order valence-corrected chi connectivity index (χ2v) is 6.48. The van der Waals surface area contributed by atoms with Gasteiger partial charge in [0.2, 0.25) is 0 Å². The highest BCUT2D eigenvalue weighted by Crippen LogP contribution is 2.40. The molecule has 1 aliphatic rings. The molecule has 0 spiro atoms. The van der Waals surface area contributed by atoms with Crippen molar-refractivity contribution in [3.8, 4) is 5.75 Å². The SMILES string of the molecule is CC(C)NCCC1(Oc2cc(Cl)cc(Cl)c2)CCC1. The van der Waals surface area contributed by atoms with Crippen LogP contribution in [0.4, 0.5) is 0 Å². The minimum absolute atomic E-state index is 0.0318. The van der Waals surface area contributed by atoms with E-state index in [9.17, 15) is 0 Å². The molecule has 0 aromatic heterocycles. The maximum atomic E-state index is 6.17. The molecule has 1 aromatic rings. The molecule has 0 saturated heterocycles. The Morgan fingerprint density at radius 3 is 2.32 bits per heavy atom. The summed E-state index contributed by atoms with van der Waals surface area (Å²) in [4.78, 5) is 0. The average Bonchev–Trinajstić information content (AvgIpc) is 2.23. The lowest BCUT2D eigenvalue weighted by Gasteiger charge is -2.42. The van der Waals surface area contributed by atoms with Crippen LogP contribution in [0.3, 0.4) is 0 Å². The standard InChI is InChI=1S/C15H21Cl2NO/c1-11(2)18-7-6-15(4-3-5-15)19-14-9-12(16)8-13(17)10-14/h8-11,18H,3-7H2,1-2H3. The van der Waals surface area contributed by atoms with Crippen LogP contribution in [0.1, 0.15) is 39.5 Å². The van der Waals surface area contributed by atoms with E-state index in [1.54, 1.807) is 6.07 Å². The van der Waals surface area contributed by atoms with Crippen LogP contribution >= 0.6 is 23.2 Å². The van der Waals surface area contributed by atoms with Crippen molar-refractivity contribution in [2.24, 2.45) is 0 Å². The number of hydrogen-bond donors (Lipinski definition) is 1. The molecule has 4 heteroatoms. The van der Waals surface area contributed by atoms with E-state index >= 15 is 0 Å². The van der Waals surface area contributed by atoms with Gasteiger partial charge in [-0.3, -0.25) is 0 Å². The number of hydrogen-bond acceptors (Lipinski definition) is 2. The topological polar surface area (TPSA) is 21.3 Å².